The fourth-order valence-electron chi connectivity index (χ4n) is 3.37. The second-order valence-corrected chi connectivity index (χ2v) is 7.54. The number of ether oxygens (including phenoxy) is 1. The third-order valence-electron chi connectivity index (χ3n) is 5.40. The van der Waals surface area contributed by atoms with Crippen LogP contribution in [0.1, 0.15) is 59.3 Å². The third-order valence-corrected chi connectivity index (χ3v) is 5.40. The normalized spacial score (nSPS) is 38.5. The molecule has 0 saturated carbocycles. The summed E-state index contributed by atoms with van der Waals surface area (Å²) in [6.45, 7) is 9.58. The largest absolute Gasteiger partial charge is 0.456 e. The van der Waals surface area contributed by atoms with Crippen LogP contribution >= 0.6 is 0 Å². The molecule has 134 valence electrons. The number of esters is 1. The SMILES string of the molecule is C=C1C(=O)O[C@@H]2C[C@H]1C/C=C(/C)[C@@H](O)CCC(C)=CCC[C@]2(C)O. The molecule has 4 atom stereocenters. The molecule has 0 radical (unpaired) electrons. The second kappa shape index (κ2) is 7.66. The third kappa shape index (κ3) is 4.58. The average Bonchev–Trinajstić information content (AvgIpc) is 2.52. The molecule has 24 heavy (non-hydrogen) atoms. The molecule has 2 bridgehead atoms. The molecular formula is C20H30O4. The van der Waals surface area contributed by atoms with E-state index in [4.69, 9.17) is 4.74 Å². The molecule has 4 heteroatoms. The van der Waals surface area contributed by atoms with E-state index < -0.39 is 23.8 Å². The maximum Gasteiger partial charge on any atom is 0.334 e. The highest BCUT2D eigenvalue weighted by molar-refractivity contribution is 5.89. The van der Waals surface area contributed by atoms with Gasteiger partial charge in [0.25, 0.3) is 0 Å². The Kier molecular flexibility index (Phi) is 6.05. The van der Waals surface area contributed by atoms with Crippen molar-refractivity contribution >= 4 is 5.97 Å². The molecule has 1 aliphatic carbocycles. The minimum atomic E-state index is -1.05. The van der Waals surface area contributed by atoms with Gasteiger partial charge < -0.3 is 14.9 Å². The maximum atomic E-state index is 12.1. The van der Waals surface area contributed by atoms with Crippen LogP contribution in [-0.2, 0) is 9.53 Å². The van der Waals surface area contributed by atoms with Crippen molar-refractivity contribution in [1.82, 2.24) is 0 Å². The summed E-state index contributed by atoms with van der Waals surface area (Å²) >= 11 is 0. The first kappa shape index (κ1) is 18.9. The summed E-state index contributed by atoms with van der Waals surface area (Å²) in [4.78, 5) is 12.1. The van der Waals surface area contributed by atoms with Gasteiger partial charge in [-0.2, -0.15) is 0 Å². The van der Waals surface area contributed by atoms with Crippen LogP contribution in [0.4, 0.5) is 0 Å². The average molecular weight is 334 g/mol. The van der Waals surface area contributed by atoms with Crippen LogP contribution in [0.5, 0.6) is 0 Å². The van der Waals surface area contributed by atoms with Gasteiger partial charge in [-0.15, -0.1) is 0 Å². The Morgan fingerprint density at radius 1 is 1.33 bits per heavy atom. The van der Waals surface area contributed by atoms with Crippen molar-refractivity contribution in [2.75, 3.05) is 0 Å². The van der Waals surface area contributed by atoms with Gasteiger partial charge in [0.05, 0.1) is 11.7 Å². The van der Waals surface area contributed by atoms with Crippen molar-refractivity contribution in [3.63, 3.8) is 0 Å². The van der Waals surface area contributed by atoms with E-state index >= 15 is 0 Å². The molecule has 4 nitrogen and oxygen atoms in total. The minimum Gasteiger partial charge on any atom is -0.456 e. The van der Waals surface area contributed by atoms with Crippen LogP contribution < -0.4 is 0 Å². The number of carbonyl (C=O) groups is 1. The standard InChI is InChI=1S/C20H30O4/c1-13-6-5-11-20(4,23)18-12-16(15(3)19(22)24-18)9-8-14(2)17(21)10-7-13/h6,8,16-18,21,23H,3,5,7,9-12H2,1-2,4H3/b13-6?,14-8-/t16-,17+,18-,20+/m1/s1. The summed E-state index contributed by atoms with van der Waals surface area (Å²) in [5.41, 5.74) is 1.55. The van der Waals surface area contributed by atoms with Crippen molar-refractivity contribution in [3.8, 4) is 0 Å². The summed E-state index contributed by atoms with van der Waals surface area (Å²) in [7, 11) is 0. The molecule has 0 aromatic carbocycles. The fourth-order valence-corrected chi connectivity index (χ4v) is 3.37. The number of aliphatic hydroxyl groups is 2. The highest BCUT2D eigenvalue weighted by Crippen LogP contribution is 2.35. The van der Waals surface area contributed by atoms with Crippen LogP contribution in [0, 0.1) is 5.92 Å². The van der Waals surface area contributed by atoms with Crippen LogP contribution in [0.25, 0.3) is 0 Å². The molecule has 1 fully saturated rings. The summed E-state index contributed by atoms with van der Waals surface area (Å²) in [6.07, 6.45) is 7.12. The lowest BCUT2D eigenvalue weighted by molar-refractivity contribution is -0.168. The van der Waals surface area contributed by atoms with Gasteiger partial charge in [-0.25, -0.2) is 4.79 Å². The van der Waals surface area contributed by atoms with Gasteiger partial charge in [0.2, 0.25) is 0 Å². The van der Waals surface area contributed by atoms with Crippen molar-refractivity contribution < 1.29 is 19.7 Å². The molecule has 2 N–H and O–H groups in total. The van der Waals surface area contributed by atoms with E-state index in [1.807, 2.05) is 19.9 Å². The predicted molar refractivity (Wildman–Crippen MR) is 94.4 cm³/mol. The quantitative estimate of drug-likeness (QED) is 0.404. The van der Waals surface area contributed by atoms with Crippen LogP contribution in [-0.4, -0.2) is 34.0 Å². The molecule has 2 aliphatic rings. The number of hydrogen-bond acceptors (Lipinski definition) is 4. The summed E-state index contributed by atoms with van der Waals surface area (Å²) in [6, 6.07) is 0. The zero-order chi connectivity index (χ0) is 17.9. The minimum absolute atomic E-state index is 0.0508. The molecule has 1 aliphatic heterocycles. The van der Waals surface area contributed by atoms with Crippen LogP contribution in [0.3, 0.4) is 0 Å². The van der Waals surface area contributed by atoms with Gasteiger partial charge >= 0.3 is 5.97 Å². The first-order chi connectivity index (χ1) is 11.2. The predicted octanol–water partition coefficient (Wildman–Crippen LogP) is 3.44. The number of aliphatic hydroxyl groups excluding tert-OH is 1. The van der Waals surface area contributed by atoms with E-state index in [1.165, 1.54) is 5.57 Å². The summed E-state index contributed by atoms with van der Waals surface area (Å²) in [5, 5.41) is 21.1. The molecule has 0 spiro atoms. The smallest absolute Gasteiger partial charge is 0.334 e. The lowest BCUT2D eigenvalue weighted by atomic mass is 9.80. The Morgan fingerprint density at radius 3 is 2.75 bits per heavy atom. The molecule has 2 rings (SSSR count). The van der Waals surface area contributed by atoms with E-state index in [1.54, 1.807) is 6.92 Å². The van der Waals surface area contributed by atoms with Gasteiger partial charge in [-0.1, -0.05) is 24.3 Å². The van der Waals surface area contributed by atoms with Gasteiger partial charge in [0.1, 0.15) is 6.10 Å². The summed E-state index contributed by atoms with van der Waals surface area (Å²) < 4.78 is 5.44. The van der Waals surface area contributed by atoms with Crippen molar-refractivity contribution in [1.29, 1.82) is 0 Å². The fraction of sp³-hybridized carbons (Fsp3) is 0.650. The van der Waals surface area contributed by atoms with E-state index in [0.29, 0.717) is 31.3 Å². The van der Waals surface area contributed by atoms with Crippen molar-refractivity contribution in [2.24, 2.45) is 5.92 Å². The lowest BCUT2D eigenvalue weighted by Crippen LogP contribution is -2.47. The molecule has 0 aromatic rings. The van der Waals surface area contributed by atoms with Gasteiger partial charge in [0.15, 0.2) is 0 Å². The molecule has 1 saturated heterocycles. The van der Waals surface area contributed by atoms with Gasteiger partial charge in [-0.05, 0) is 70.8 Å². The Labute approximate surface area is 144 Å². The van der Waals surface area contributed by atoms with E-state index in [0.717, 1.165) is 18.4 Å². The Balaban J connectivity index is 2.27. The topological polar surface area (TPSA) is 66.8 Å². The summed E-state index contributed by atoms with van der Waals surface area (Å²) in [5.74, 6) is -0.466. The Hall–Kier alpha value is -1.39. The van der Waals surface area contributed by atoms with E-state index in [9.17, 15) is 15.0 Å². The Morgan fingerprint density at radius 2 is 2.04 bits per heavy atom. The molecule has 0 unspecified atom stereocenters. The van der Waals surface area contributed by atoms with E-state index in [2.05, 4.69) is 12.7 Å². The Bertz CT molecular complexity index is 556. The van der Waals surface area contributed by atoms with Gasteiger partial charge in [-0.3, -0.25) is 0 Å². The van der Waals surface area contributed by atoms with Crippen LogP contribution in [0.2, 0.25) is 0 Å². The number of rotatable bonds is 0. The highest BCUT2D eigenvalue weighted by atomic mass is 16.6. The molecule has 0 amide bonds. The zero-order valence-corrected chi connectivity index (χ0v) is 15.0. The molecule has 1 heterocycles. The number of allylic oxidation sites excluding steroid dienone is 3. The lowest BCUT2D eigenvalue weighted by Gasteiger charge is -2.38. The number of hydrogen-bond donors (Lipinski definition) is 2. The maximum absolute atomic E-state index is 12.1. The first-order valence-electron chi connectivity index (χ1n) is 8.83. The number of carbonyl (C=O) groups excluding carboxylic acids is 1. The molecule has 0 aromatic heterocycles. The first-order valence-corrected chi connectivity index (χ1v) is 8.83. The highest BCUT2D eigenvalue weighted by Gasteiger charge is 2.41. The van der Waals surface area contributed by atoms with Gasteiger partial charge in [0, 0.05) is 5.57 Å². The molecular weight excluding hydrogens is 304 g/mol. The second-order valence-electron chi connectivity index (χ2n) is 7.54. The number of fused-ring (bicyclic) bond motifs is 2. The van der Waals surface area contributed by atoms with Crippen LogP contribution in [0.15, 0.2) is 35.5 Å². The van der Waals surface area contributed by atoms with Crippen molar-refractivity contribution in [2.45, 2.75) is 77.1 Å². The van der Waals surface area contributed by atoms with Crippen molar-refractivity contribution in [3.05, 3.63) is 35.5 Å². The zero-order valence-electron chi connectivity index (χ0n) is 15.0. The van der Waals surface area contributed by atoms with E-state index in [-0.39, 0.29) is 5.92 Å². The monoisotopic (exact) mass is 334 g/mol.